The Morgan fingerprint density at radius 3 is 2.27 bits per heavy atom. The number of fused-ring (bicyclic) bond motifs is 1. The number of aromatic nitrogens is 1. The average Bonchev–Trinajstić information content (AvgIpc) is 2.96. The van der Waals surface area contributed by atoms with Gasteiger partial charge >= 0.3 is 5.97 Å². The average molecular weight is 349 g/mol. The van der Waals surface area contributed by atoms with Gasteiger partial charge in [0, 0.05) is 22.2 Å². The van der Waals surface area contributed by atoms with E-state index in [2.05, 4.69) is 18.8 Å². The van der Waals surface area contributed by atoms with E-state index in [-0.39, 0.29) is 5.78 Å². The molecule has 1 aromatic heterocycles. The molecule has 1 atom stereocenters. The van der Waals surface area contributed by atoms with Crippen LogP contribution in [-0.4, -0.2) is 22.8 Å². The third-order valence-electron chi connectivity index (χ3n) is 4.61. The number of nitrogens with one attached hydrogen (secondary N) is 1. The Labute approximate surface area is 153 Å². The van der Waals surface area contributed by atoms with Crippen molar-refractivity contribution in [3.63, 3.8) is 0 Å². The number of Topliss-reactive ketones (excluding diaryl/α,β-unsaturated/α-hetero) is 1. The SMILES string of the molecule is Cc1[nH]c2ccccc2c1C(=O)[C@@H](C)OC(=O)c1ccc(C(C)C)cc1. The highest BCUT2D eigenvalue weighted by Crippen LogP contribution is 2.24. The maximum Gasteiger partial charge on any atom is 0.338 e. The molecule has 0 fully saturated rings. The summed E-state index contributed by atoms with van der Waals surface area (Å²) in [6.45, 7) is 7.66. The maximum absolute atomic E-state index is 12.9. The van der Waals surface area contributed by atoms with Gasteiger partial charge < -0.3 is 9.72 Å². The van der Waals surface area contributed by atoms with Crippen molar-refractivity contribution in [2.24, 2.45) is 0 Å². The summed E-state index contributed by atoms with van der Waals surface area (Å²) in [6.07, 6.45) is -0.856. The van der Waals surface area contributed by atoms with E-state index >= 15 is 0 Å². The molecule has 1 heterocycles. The van der Waals surface area contributed by atoms with Crippen LogP contribution in [0.4, 0.5) is 0 Å². The van der Waals surface area contributed by atoms with Gasteiger partial charge in [0.05, 0.1) is 5.56 Å². The van der Waals surface area contributed by atoms with Crippen molar-refractivity contribution in [2.45, 2.75) is 39.7 Å². The predicted molar refractivity (Wildman–Crippen MR) is 103 cm³/mol. The van der Waals surface area contributed by atoms with Crippen molar-refractivity contribution in [2.75, 3.05) is 0 Å². The largest absolute Gasteiger partial charge is 0.451 e. The number of ether oxygens (including phenoxy) is 1. The molecule has 3 aromatic rings. The minimum atomic E-state index is -0.856. The van der Waals surface area contributed by atoms with Crippen molar-refractivity contribution < 1.29 is 14.3 Å². The zero-order valence-electron chi connectivity index (χ0n) is 15.5. The summed E-state index contributed by atoms with van der Waals surface area (Å²) in [7, 11) is 0. The summed E-state index contributed by atoms with van der Waals surface area (Å²) < 4.78 is 5.42. The van der Waals surface area contributed by atoms with Gasteiger partial charge in [0.2, 0.25) is 5.78 Å². The lowest BCUT2D eigenvalue weighted by molar-refractivity contribution is 0.0319. The van der Waals surface area contributed by atoms with Gasteiger partial charge in [0.1, 0.15) is 0 Å². The summed E-state index contributed by atoms with van der Waals surface area (Å²) in [5.74, 6) is -0.295. The quantitative estimate of drug-likeness (QED) is 0.519. The summed E-state index contributed by atoms with van der Waals surface area (Å²) in [4.78, 5) is 28.4. The fourth-order valence-electron chi connectivity index (χ4n) is 3.08. The highest BCUT2D eigenvalue weighted by molar-refractivity contribution is 6.11. The molecule has 0 aliphatic carbocycles. The number of aromatic amines is 1. The van der Waals surface area contributed by atoms with E-state index in [1.807, 2.05) is 43.3 Å². The van der Waals surface area contributed by atoms with Crippen LogP contribution in [-0.2, 0) is 4.74 Å². The highest BCUT2D eigenvalue weighted by atomic mass is 16.5. The fourth-order valence-corrected chi connectivity index (χ4v) is 3.08. The second-order valence-corrected chi connectivity index (χ2v) is 6.86. The molecule has 0 unspecified atom stereocenters. The minimum absolute atomic E-state index is 0.202. The van der Waals surface area contributed by atoms with Crippen LogP contribution in [0.2, 0.25) is 0 Å². The second-order valence-electron chi connectivity index (χ2n) is 6.86. The van der Waals surface area contributed by atoms with Crippen LogP contribution in [0.5, 0.6) is 0 Å². The van der Waals surface area contributed by atoms with Gasteiger partial charge in [-0.05, 0) is 43.5 Å². The normalized spacial score (nSPS) is 12.3. The third-order valence-corrected chi connectivity index (χ3v) is 4.61. The predicted octanol–water partition coefficient (Wildman–Crippen LogP) is 5.03. The van der Waals surface area contributed by atoms with Crippen molar-refractivity contribution in [1.29, 1.82) is 0 Å². The van der Waals surface area contributed by atoms with E-state index in [0.29, 0.717) is 17.0 Å². The summed E-state index contributed by atoms with van der Waals surface area (Å²) in [6, 6.07) is 14.9. The molecule has 0 amide bonds. The summed E-state index contributed by atoms with van der Waals surface area (Å²) >= 11 is 0. The smallest absolute Gasteiger partial charge is 0.338 e. The topological polar surface area (TPSA) is 59.2 Å². The van der Waals surface area contributed by atoms with Crippen molar-refractivity contribution in [3.8, 4) is 0 Å². The molecule has 0 saturated carbocycles. The van der Waals surface area contributed by atoms with Crippen LogP contribution in [0.3, 0.4) is 0 Å². The molecule has 0 aliphatic heterocycles. The zero-order chi connectivity index (χ0) is 18.8. The first-order chi connectivity index (χ1) is 12.4. The maximum atomic E-state index is 12.9. The number of rotatable bonds is 5. The van der Waals surface area contributed by atoms with Crippen LogP contribution in [0.15, 0.2) is 48.5 Å². The van der Waals surface area contributed by atoms with E-state index in [4.69, 9.17) is 4.74 Å². The van der Waals surface area contributed by atoms with Crippen LogP contribution in [0.1, 0.15) is 58.7 Å². The molecule has 1 N–H and O–H groups in total. The van der Waals surface area contributed by atoms with Gasteiger partial charge in [0.25, 0.3) is 0 Å². The standard InChI is InChI=1S/C22H23NO3/c1-13(2)16-9-11-17(12-10-16)22(25)26-15(4)21(24)20-14(3)23-19-8-6-5-7-18(19)20/h5-13,15,23H,1-4H3/t15-/m1/s1. The molecule has 134 valence electrons. The molecule has 0 spiro atoms. The van der Waals surface area contributed by atoms with E-state index in [1.54, 1.807) is 19.1 Å². The number of hydrogen-bond acceptors (Lipinski definition) is 3. The Morgan fingerprint density at radius 2 is 1.62 bits per heavy atom. The number of aryl methyl sites for hydroxylation is 1. The highest BCUT2D eigenvalue weighted by Gasteiger charge is 2.24. The van der Waals surface area contributed by atoms with Gasteiger partial charge in [-0.2, -0.15) is 0 Å². The molecule has 4 heteroatoms. The molecule has 3 rings (SSSR count). The minimum Gasteiger partial charge on any atom is -0.451 e. The molecule has 4 nitrogen and oxygen atoms in total. The van der Waals surface area contributed by atoms with E-state index < -0.39 is 12.1 Å². The van der Waals surface area contributed by atoms with Gasteiger partial charge in [0.15, 0.2) is 6.10 Å². The molecule has 0 bridgehead atoms. The van der Waals surface area contributed by atoms with Gasteiger partial charge in [-0.3, -0.25) is 4.79 Å². The molecule has 0 saturated heterocycles. The van der Waals surface area contributed by atoms with Crippen LogP contribution in [0.25, 0.3) is 10.9 Å². The molecule has 26 heavy (non-hydrogen) atoms. The van der Waals surface area contributed by atoms with Crippen LogP contribution < -0.4 is 0 Å². The second kappa shape index (κ2) is 7.16. The first-order valence-corrected chi connectivity index (χ1v) is 8.81. The Balaban J connectivity index is 1.78. The third kappa shape index (κ3) is 3.40. The molecule has 0 radical (unpaired) electrons. The van der Waals surface area contributed by atoms with E-state index in [9.17, 15) is 9.59 Å². The Morgan fingerprint density at radius 1 is 0.962 bits per heavy atom. The first-order valence-electron chi connectivity index (χ1n) is 8.81. The number of benzene rings is 2. The lowest BCUT2D eigenvalue weighted by Gasteiger charge is -2.13. The zero-order valence-corrected chi connectivity index (χ0v) is 15.5. The number of H-pyrrole nitrogens is 1. The Kier molecular flexibility index (Phi) is 4.94. The van der Waals surface area contributed by atoms with Crippen molar-refractivity contribution >= 4 is 22.7 Å². The number of esters is 1. The Hall–Kier alpha value is -2.88. The Bertz CT molecular complexity index is 951. The summed E-state index contributed by atoms with van der Waals surface area (Å²) in [5, 5.41) is 0.846. The van der Waals surface area contributed by atoms with Crippen LogP contribution >= 0.6 is 0 Å². The van der Waals surface area contributed by atoms with E-state index in [0.717, 1.165) is 22.2 Å². The van der Waals surface area contributed by atoms with Gasteiger partial charge in [-0.15, -0.1) is 0 Å². The van der Waals surface area contributed by atoms with Crippen LogP contribution in [0, 0.1) is 6.92 Å². The number of carbonyl (C=O) groups is 2. The monoisotopic (exact) mass is 349 g/mol. The van der Waals surface area contributed by atoms with Crippen molar-refractivity contribution in [3.05, 3.63) is 70.9 Å². The number of ketones is 1. The number of carbonyl (C=O) groups excluding carboxylic acids is 2. The number of para-hydroxylation sites is 1. The van der Waals surface area contributed by atoms with E-state index in [1.165, 1.54) is 0 Å². The fraction of sp³-hybridized carbons (Fsp3) is 0.273. The van der Waals surface area contributed by atoms with Gasteiger partial charge in [-0.25, -0.2) is 4.79 Å². The first kappa shape index (κ1) is 17.9. The molecule has 0 aliphatic rings. The molecular formula is C22H23NO3. The van der Waals surface area contributed by atoms with Crippen molar-refractivity contribution in [1.82, 2.24) is 4.98 Å². The summed E-state index contributed by atoms with van der Waals surface area (Å²) in [5.41, 5.74) is 3.86. The lowest BCUT2D eigenvalue weighted by atomic mass is 10.0. The van der Waals surface area contributed by atoms with Gasteiger partial charge in [-0.1, -0.05) is 44.2 Å². The molecule has 2 aromatic carbocycles. The number of hydrogen-bond donors (Lipinski definition) is 1. The lowest BCUT2D eigenvalue weighted by Crippen LogP contribution is -2.24. The molecular weight excluding hydrogens is 326 g/mol.